The van der Waals surface area contributed by atoms with Crippen LogP contribution in [0.2, 0.25) is 0 Å². The lowest BCUT2D eigenvalue weighted by molar-refractivity contribution is -0.0596. The summed E-state index contributed by atoms with van der Waals surface area (Å²) >= 11 is 0. The molecule has 0 spiro atoms. The van der Waals surface area contributed by atoms with Crippen LogP contribution in [-0.4, -0.2) is 12.1 Å². The van der Waals surface area contributed by atoms with E-state index < -0.39 is 0 Å². The molecule has 9 atom stereocenters. The Balaban J connectivity index is 1.25. The highest BCUT2D eigenvalue weighted by Gasteiger charge is 2.59. The van der Waals surface area contributed by atoms with E-state index in [1.165, 1.54) is 51.4 Å². The van der Waals surface area contributed by atoms with E-state index in [0.29, 0.717) is 16.4 Å². The number of hydrogen-bond donors (Lipinski definition) is 0. The Morgan fingerprint density at radius 1 is 0.946 bits per heavy atom. The van der Waals surface area contributed by atoms with Gasteiger partial charge in [0, 0.05) is 6.42 Å². The van der Waals surface area contributed by atoms with Gasteiger partial charge in [0.25, 0.3) is 0 Å². The third-order valence-corrected chi connectivity index (χ3v) is 12.3. The summed E-state index contributed by atoms with van der Waals surface area (Å²) in [5.41, 5.74) is 3.10. The first-order chi connectivity index (χ1) is 17.6. The van der Waals surface area contributed by atoms with Crippen molar-refractivity contribution in [1.29, 1.82) is 0 Å². The van der Waals surface area contributed by atoms with Crippen LogP contribution in [-0.2, 0) is 4.74 Å². The lowest BCUT2D eigenvalue weighted by atomic mass is 9.47. The Labute approximate surface area is 227 Å². The Kier molecular flexibility index (Phi) is 7.69. The standard InChI is InChI=1S/C35H52O2/c1-23(2)24(3)12-13-25(4)30-16-17-31-29-15-14-27-22-28(37-33(36)26-10-8-7-9-11-26)18-20-34(27,5)32(29)19-21-35(30,31)6/h7-11,14,23-25,28-32H,12-13,15-22H2,1-6H3/t24-,25+,28-,29+,30+,31+,32+,34-,35+/m0/s1. The van der Waals surface area contributed by atoms with Crippen LogP contribution in [0.25, 0.3) is 0 Å². The van der Waals surface area contributed by atoms with Crippen molar-refractivity contribution < 1.29 is 9.53 Å². The second-order valence-electron chi connectivity index (χ2n) is 14.4. The Bertz CT molecular complexity index is 978. The number of carbonyl (C=O) groups is 1. The zero-order valence-corrected chi connectivity index (χ0v) is 24.5. The average molecular weight is 505 g/mol. The molecule has 4 aliphatic carbocycles. The van der Waals surface area contributed by atoms with Gasteiger partial charge in [-0.25, -0.2) is 4.79 Å². The lowest BCUT2D eigenvalue weighted by Gasteiger charge is -2.58. The van der Waals surface area contributed by atoms with E-state index in [1.807, 2.05) is 30.3 Å². The molecule has 0 aliphatic heterocycles. The van der Waals surface area contributed by atoms with E-state index in [0.717, 1.165) is 54.3 Å². The van der Waals surface area contributed by atoms with Gasteiger partial charge in [-0.1, -0.05) is 84.2 Å². The molecule has 37 heavy (non-hydrogen) atoms. The molecule has 0 bridgehead atoms. The fourth-order valence-electron chi connectivity index (χ4n) is 9.56. The molecule has 3 saturated carbocycles. The van der Waals surface area contributed by atoms with Gasteiger partial charge in [-0.05, 0) is 109 Å². The van der Waals surface area contributed by atoms with Crippen molar-refractivity contribution in [1.82, 2.24) is 0 Å². The van der Waals surface area contributed by atoms with Crippen molar-refractivity contribution in [2.24, 2.45) is 52.3 Å². The maximum absolute atomic E-state index is 12.7. The summed E-state index contributed by atoms with van der Waals surface area (Å²) in [5.74, 6) is 5.80. The molecule has 1 aromatic rings. The number of rotatable bonds is 7. The van der Waals surface area contributed by atoms with Crippen LogP contribution in [0, 0.1) is 52.3 Å². The van der Waals surface area contributed by atoms with E-state index >= 15 is 0 Å². The van der Waals surface area contributed by atoms with Crippen LogP contribution in [0.4, 0.5) is 0 Å². The number of allylic oxidation sites excluding steroid dienone is 1. The van der Waals surface area contributed by atoms with Crippen molar-refractivity contribution in [3.05, 3.63) is 47.5 Å². The highest BCUT2D eigenvalue weighted by molar-refractivity contribution is 5.89. The van der Waals surface area contributed by atoms with Crippen LogP contribution in [0.1, 0.15) is 116 Å². The van der Waals surface area contributed by atoms with E-state index in [-0.39, 0.29) is 12.1 Å². The van der Waals surface area contributed by atoms with Gasteiger partial charge in [-0.2, -0.15) is 0 Å². The Morgan fingerprint density at radius 3 is 2.43 bits per heavy atom. The van der Waals surface area contributed by atoms with Crippen LogP contribution in [0.3, 0.4) is 0 Å². The molecule has 3 fully saturated rings. The number of carbonyl (C=O) groups excluding carboxylic acids is 1. The third kappa shape index (κ3) is 4.96. The maximum Gasteiger partial charge on any atom is 0.338 e. The molecule has 0 heterocycles. The molecule has 0 amide bonds. The molecule has 2 heteroatoms. The van der Waals surface area contributed by atoms with Gasteiger partial charge in [0.15, 0.2) is 0 Å². The first-order valence-electron chi connectivity index (χ1n) is 15.6. The minimum atomic E-state index is -0.161. The maximum atomic E-state index is 12.7. The topological polar surface area (TPSA) is 26.3 Å². The van der Waals surface area contributed by atoms with Gasteiger partial charge in [-0.15, -0.1) is 0 Å². The van der Waals surface area contributed by atoms with E-state index in [1.54, 1.807) is 5.57 Å². The van der Waals surface area contributed by atoms with Crippen molar-refractivity contribution in [3.63, 3.8) is 0 Å². The van der Waals surface area contributed by atoms with E-state index in [9.17, 15) is 4.79 Å². The first kappa shape index (κ1) is 27.0. The normalized spacial score (nSPS) is 38.7. The molecule has 0 N–H and O–H groups in total. The molecule has 0 aromatic heterocycles. The quantitative estimate of drug-likeness (QED) is 0.273. The summed E-state index contributed by atoms with van der Waals surface area (Å²) in [7, 11) is 0. The molecule has 2 nitrogen and oxygen atoms in total. The van der Waals surface area contributed by atoms with Crippen LogP contribution in [0.15, 0.2) is 42.0 Å². The van der Waals surface area contributed by atoms with Gasteiger partial charge in [-0.3, -0.25) is 0 Å². The summed E-state index contributed by atoms with van der Waals surface area (Å²) in [6, 6.07) is 9.49. The van der Waals surface area contributed by atoms with Crippen LogP contribution in [0.5, 0.6) is 0 Å². The smallest absolute Gasteiger partial charge is 0.338 e. The number of benzene rings is 1. The Hall–Kier alpha value is -1.57. The molecule has 0 radical (unpaired) electrons. The molecule has 204 valence electrons. The Morgan fingerprint density at radius 2 is 1.70 bits per heavy atom. The molecular formula is C35H52O2. The van der Waals surface area contributed by atoms with Gasteiger partial charge in [0.05, 0.1) is 5.56 Å². The SMILES string of the molecule is CC(C)[C@@H](C)CC[C@@H](C)[C@H]1CC[C@@H]2[C@H]3CC=C4C[C@@H](OC(=O)c5ccccc5)CC[C@]4(C)[C@@H]3CC[C@@]21C. The summed E-state index contributed by atoms with van der Waals surface area (Å²) in [5, 5.41) is 0. The molecule has 0 saturated heterocycles. The van der Waals surface area contributed by atoms with E-state index in [2.05, 4.69) is 47.6 Å². The number of ether oxygens (including phenoxy) is 1. The number of esters is 1. The van der Waals surface area contributed by atoms with Gasteiger partial charge in [0.1, 0.15) is 6.10 Å². The second-order valence-corrected chi connectivity index (χ2v) is 14.4. The third-order valence-electron chi connectivity index (χ3n) is 12.3. The molecule has 0 unspecified atom stereocenters. The van der Waals surface area contributed by atoms with Gasteiger partial charge in [0.2, 0.25) is 0 Å². The first-order valence-corrected chi connectivity index (χ1v) is 15.6. The van der Waals surface area contributed by atoms with Gasteiger partial charge >= 0.3 is 5.97 Å². The zero-order chi connectivity index (χ0) is 26.4. The van der Waals surface area contributed by atoms with Crippen molar-refractivity contribution in [2.75, 3.05) is 0 Å². The lowest BCUT2D eigenvalue weighted by Crippen LogP contribution is -2.51. The monoisotopic (exact) mass is 504 g/mol. The summed E-state index contributed by atoms with van der Waals surface area (Å²) in [4.78, 5) is 12.7. The largest absolute Gasteiger partial charge is 0.458 e. The fraction of sp³-hybridized carbons (Fsp3) is 0.743. The summed E-state index contributed by atoms with van der Waals surface area (Å²) < 4.78 is 6.01. The highest BCUT2D eigenvalue weighted by atomic mass is 16.5. The average Bonchev–Trinajstić information content (AvgIpc) is 3.25. The second kappa shape index (κ2) is 10.5. The van der Waals surface area contributed by atoms with E-state index in [4.69, 9.17) is 4.74 Å². The van der Waals surface area contributed by atoms with Crippen molar-refractivity contribution in [3.8, 4) is 0 Å². The fourth-order valence-corrected chi connectivity index (χ4v) is 9.56. The minimum Gasteiger partial charge on any atom is -0.458 e. The zero-order valence-electron chi connectivity index (χ0n) is 24.5. The molecule has 5 rings (SSSR count). The highest BCUT2D eigenvalue weighted by Crippen LogP contribution is 2.67. The predicted octanol–water partition coefficient (Wildman–Crippen LogP) is 9.50. The molecular weight excluding hydrogens is 452 g/mol. The molecule has 1 aromatic carbocycles. The summed E-state index contributed by atoms with van der Waals surface area (Å²) in [6.45, 7) is 15.1. The number of fused-ring (bicyclic) bond motifs is 5. The van der Waals surface area contributed by atoms with Crippen molar-refractivity contribution >= 4 is 5.97 Å². The minimum absolute atomic E-state index is 0.0300. The van der Waals surface area contributed by atoms with Crippen molar-refractivity contribution in [2.45, 2.75) is 112 Å². The predicted molar refractivity (Wildman–Crippen MR) is 153 cm³/mol. The van der Waals surface area contributed by atoms with Crippen LogP contribution < -0.4 is 0 Å². The summed E-state index contributed by atoms with van der Waals surface area (Å²) in [6.07, 6.45) is 15.5. The number of hydrogen-bond acceptors (Lipinski definition) is 2. The van der Waals surface area contributed by atoms with Crippen LogP contribution >= 0.6 is 0 Å². The molecule has 4 aliphatic rings. The van der Waals surface area contributed by atoms with Gasteiger partial charge < -0.3 is 4.74 Å².